The van der Waals surface area contributed by atoms with Crippen LogP contribution in [-0.4, -0.2) is 15.8 Å². The summed E-state index contributed by atoms with van der Waals surface area (Å²) in [5.74, 6) is -2.78. The first-order valence-electron chi connectivity index (χ1n) is 6.40. The summed E-state index contributed by atoms with van der Waals surface area (Å²) in [4.78, 5) is 32.3. The molecule has 0 fully saturated rings. The number of halogens is 2. The van der Waals surface area contributed by atoms with E-state index < -0.39 is 44.5 Å². The van der Waals surface area contributed by atoms with Crippen molar-refractivity contribution in [2.45, 2.75) is 6.92 Å². The van der Waals surface area contributed by atoms with Crippen LogP contribution in [0.3, 0.4) is 0 Å². The van der Waals surface area contributed by atoms with Gasteiger partial charge < -0.3 is 5.32 Å². The summed E-state index contributed by atoms with van der Waals surface area (Å²) < 4.78 is 26.7. The van der Waals surface area contributed by atoms with Crippen LogP contribution >= 0.6 is 0 Å². The van der Waals surface area contributed by atoms with Crippen molar-refractivity contribution in [1.29, 1.82) is 0 Å². The van der Waals surface area contributed by atoms with Gasteiger partial charge >= 0.3 is 0 Å². The number of carbonyl (C=O) groups is 1. The van der Waals surface area contributed by atoms with Crippen molar-refractivity contribution in [3.05, 3.63) is 73.3 Å². The number of anilines is 1. The molecular weight excluding hydrogens is 328 g/mol. The third kappa shape index (κ3) is 3.32. The molecule has 0 saturated heterocycles. The molecule has 1 amide bonds. The maximum Gasteiger partial charge on any atom is 0.279 e. The number of nitrogens with zero attached hydrogens (tertiary/aromatic N) is 2. The van der Waals surface area contributed by atoms with Crippen LogP contribution in [-0.2, 0) is 0 Å². The van der Waals surface area contributed by atoms with Gasteiger partial charge in [0, 0.05) is 17.7 Å². The molecule has 2 aromatic carbocycles. The van der Waals surface area contributed by atoms with E-state index in [1.165, 1.54) is 6.92 Å². The summed E-state index contributed by atoms with van der Waals surface area (Å²) in [6.45, 7) is 1.22. The van der Waals surface area contributed by atoms with E-state index in [1.807, 2.05) is 5.32 Å². The third-order valence-electron chi connectivity index (χ3n) is 3.19. The van der Waals surface area contributed by atoms with Crippen molar-refractivity contribution in [2.75, 3.05) is 5.32 Å². The number of benzene rings is 2. The molecule has 0 unspecified atom stereocenters. The lowest BCUT2D eigenvalue weighted by molar-refractivity contribution is -0.394. The molecule has 10 heteroatoms. The molecule has 1 N–H and O–H groups in total. The number of nitrogens with one attached hydrogen (secondary N) is 1. The smallest absolute Gasteiger partial charge is 0.279 e. The SMILES string of the molecule is Cc1c(C(=O)Nc2cc(F)ccc2F)cc([N+](=O)[O-])cc1[N+](=O)[O-]. The fourth-order valence-corrected chi connectivity index (χ4v) is 2.00. The maximum atomic E-state index is 13.6. The van der Waals surface area contributed by atoms with Crippen LogP contribution in [0.5, 0.6) is 0 Å². The molecule has 24 heavy (non-hydrogen) atoms. The van der Waals surface area contributed by atoms with E-state index >= 15 is 0 Å². The van der Waals surface area contributed by atoms with Crippen LogP contribution in [0.4, 0.5) is 25.8 Å². The number of hydrogen-bond acceptors (Lipinski definition) is 5. The Morgan fingerprint density at radius 2 is 1.75 bits per heavy atom. The first kappa shape index (κ1) is 16.9. The van der Waals surface area contributed by atoms with E-state index in [0.717, 1.165) is 24.3 Å². The lowest BCUT2D eigenvalue weighted by Crippen LogP contribution is -2.15. The number of amides is 1. The van der Waals surface area contributed by atoms with Crippen molar-refractivity contribution < 1.29 is 23.4 Å². The average molecular weight is 337 g/mol. The van der Waals surface area contributed by atoms with Gasteiger partial charge in [-0.15, -0.1) is 0 Å². The van der Waals surface area contributed by atoms with Gasteiger partial charge in [0.25, 0.3) is 17.3 Å². The fourth-order valence-electron chi connectivity index (χ4n) is 2.00. The number of carbonyl (C=O) groups excluding carboxylic acids is 1. The molecule has 0 spiro atoms. The van der Waals surface area contributed by atoms with Gasteiger partial charge in [0.05, 0.1) is 27.2 Å². The largest absolute Gasteiger partial charge is 0.319 e. The van der Waals surface area contributed by atoms with E-state index in [-0.39, 0.29) is 11.1 Å². The molecule has 0 heterocycles. The second-order valence-corrected chi connectivity index (χ2v) is 4.73. The van der Waals surface area contributed by atoms with Gasteiger partial charge in [-0.1, -0.05) is 0 Å². The number of nitro benzene ring substituents is 2. The molecule has 0 saturated carbocycles. The average Bonchev–Trinajstić information content (AvgIpc) is 2.50. The van der Waals surface area contributed by atoms with Crippen LogP contribution < -0.4 is 5.32 Å². The Kier molecular flexibility index (Phi) is 4.49. The highest BCUT2D eigenvalue weighted by Crippen LogP contribution is 2.29. The van der Waals surface area contributed by atoms with Crippen LogP contribution in [0.2, 0.25) is 0 Å². The highest BCUT2D eigenvalue weighted by atomic mass is 19.1. The van der Waals surface area contributed by atoms with E-state index in [4.69, 9.17) is 0 Å². The highest BCUT2D eigenvalue weighted by molar-refractivity contribution is 6.06. The third-order valence-corrected chi connectivity index (χ3v) is 3.19. The van der Waals surface area contributed by atoms with E-state index in [0.29, 0.717) is 6.07 Å². The van der Waals surface area contributed by atoms with Crippen molar-refractivity contribution in [3.63, 3.8) is 0 Å². The molecule has 0 radical (unpaired) electrons. The van der Waals surface area contributed by atoms with Gasteiger partial charge in [-0.3, -0.25) is 25.0 Å². The van der Waals surface area contributed by atoms with Crippen molar-refractivity contribution in [2.24, 2.45) is 0 Å². The Bertz CT molecular complexity index is 870. The van der Waals surface area contributed by atoms with E-state index in [9.17, 15) is 33.8 Å². The fraction of sp³-hybridized carbons (Fsp3) is 0.0714. The van der Waals surface area contributed by atoms with Gasteiger partial charge in [-0.25, -0.2) is 8.78 Å². The monoisotopic (exact) mass is 337 g/mol. The number of nitro groups is 2. The van der Waals surface area contributed by atoms with Gasteiger partial charge in [0.15, 0.2) is 0 Å². The summed E-state index contributed by atoms with van der Waals surface area (Å²) >= 11 is 0. The first-order chi connectivity index (χ1) is 11.2. The van der Waals surface area contributed by atoms with Crippen LogP contribution in [0, 0.1) is 38.8 Å². The van der Waals surface area contributed by atoms with Crippen LogP contribution in [0.15, 0.2) is 30.3 Å². The van der Waals surface area contributed by atoms with E-state index in [2.05, 4.69) is 0 Å². The molecule has 0 aliphatic rings. The molecule has 0 aromatic heterocycles. The lowest BCUT2D eigenvalue weighted by atomic mass is 10.0. The van der Waals surface area contributed by atoms with E-state index in [1.54, 1.807) is 0 Å². The molecule has 2 rings (SSSR count). The molecular formula is C14H9F2N3O5. The summed E-state index contributed by atoms with van der Waals surface area (Å²) in [5, 5.41) is 23.9. The topological polar surface area (TPSA) is 115 Å². The standard InChI is InChI=1S/C14H9F2N3O5/c1-7-10(5-9(18(21)22)6-13(7)19(23)24)14(20)17-12-4-8(15)2-3-11(12)16/h2-6H,1H3,(H,17,20). The second kappa shape index (κ2) is 6.36. The Morgan fingerprint density at radius 1 is 1.08 bits per heavy atom. The minimum absolute atomic E-state index is 0.139. The minimum atomic E-state index is -1.04. The van der Waals surface area contributed by atoms with Crippen molar-refractivity contribution >= 4 is 23.0 Å². The number of rotatable bonds is 4. The molecule has 0 aliphatic carbocycles. The Morgan fingerprint density at radius 3 is 2.33 bits per heavy atom. The highest BCUT2D eigenvalue weighted by Gasteiger charge is 2.25. The van der Waals surface area contributed by atoms with Gasteiger partial charge in [0.2, 0.25) is 0 Å². The van der Waals surface area contributed by atoms with Gasteiger partial charge in [-0.2, -0.15) is 0 Å². The molecule has 8 nitrogen and oxygen atoms in total. The quantitative estimate of drug-likeness (QED) is 0.678. The lowest BCUT2D eigenvalue weighted by Gasteiger charge is -2.09. The zero-order valence-corrected chi connectivity index (χ0v) is 12.1. The predicted octanol–water partition coefficient (Wildman–Crippen LogP) is 3.34. The Hall–Kier alpha value is -3.43. The predicted molar refractivity (Wildman–Crippen MR) is 78.8 cm³/mol. The maximum absolute atomic E-state index is 13.6. The zero-order chi connectivity index (χ0) is 18.0. The summed E-state index contributed by atoms with van der Waals surface area (Å²) in [7, 11) is 0. The second-order valence-electron chi connectivity index (χ2n) is 4.73. The normalized spacial score (nSPS) is 10.3. The summed E-state index contributed by atoms with van der Waals surface area (Å²) in [6.07, 6.45) is 0. The van der Waals surface area contributed by atoms with Crippen molar-refractivity contribution in [3.8, 4) is 0 Å². The van der Waals surface area contributed by atoms with Crippen LogP contribution in [0.1, 0.15) is 15.9 Å². The van der Waals surface area contributed by atoms with Gasteiger partial charge in [0.1, 0.15) is 11.6 Å². The van der Waals surface area contributed by atoms with Crippen molar-refractivity contribution in [1.82, 2.24) is 0 Å². The summed E-state index contributed by atoms with van der Waals surface area (Å²) in [6, 6.07) is 3.89. The molecule has 0 atom stereocenters. The molecule has 0 aliphatic heterocycles. The minimum Gasteiger partial charge on any atom is -0.319 e. The first-order valence-corrected chi connectivity index (χ1v) is 6.40. The Labute approximate surface area is 133 Å². The summed E-state index contributed by atoms with van der Waals surface area (Å²) in [5.41, 5.74) is -2.32. The van der Waals surface area contributed by atoms with Gasteiger partial charge in [-0.05, 0) is 19.1 Å². The molecule has 2 aromatic rings. The Balaban J connectivity index is 2.50. The number of hydrogen-bond donors (Lipinski definition) is 1. The molecule has 124 valence electrons. The zero-order valence-electron chi connectivity index (χ0n) is 12.1. The molecule has 0 bridgehead atoms. The number of non-ortho nitro benzene ring substituents is 1. The van der Waals surface area contributed by atoms with Crippen LogP contribution in [0.25, 0.3) is 0 Å².